The Balaban J connectivity index is 1.50. The Labute approximate surface area is 147 Å². The molecule has 3 aromatic rings. The molecule has 1 fully saturated rings. The first-order valence-corrected chi connectivity index (χ1v) is 8.78. The largest absolute Gasteiger partial charge is 0.497 e. The van der Waals surface area contributed by atoms with Gasteiger partial charge in [0.1, 0.15) is 5.75 Å². The number of ether oxygens (including phenoxy) is 1. The van der Waals surface area contributed by atoms with E-state index in [0.29, 0.717) is 5.92 Å². The number of aromatic nitrogens is 5. The van der Waals surface area contributed by atoms with Gasteiger partial charge in [0.25, 0.3) is 0 Å². The van der Waals surface area contributed by atoms with Crippen LogP contribution < -0.4 is 4.74 Å². The zero-order valence-electron chi connectivity index (χ0n) is 14.9. The average molecular weight is 340 g/mol. The van der Waals surface area contributed by atoms with Crippen LogP contribution >= 0.6 is 0 Å². The van der Waals surface area contributed by atoms with Gasteiger partial charge in [-0.25, -0.2) is 4.68 Å². The summed E-state index contributed by atoms with van der Waals surface area (Å²) in [6.07, 6.45) is 4.44. The average Bonchev–Trinajstić information content (AvgIpc) is 3.26. The number of hydrogen-bond donors (Lipinski definition) is 1. The fourth-order valence-corrected chi connectivity index (χ4v) is 3.94. The summed E-state index contributed by atoms with van der Waals surface area (Å²) in [5, 5.41) is 13.2. The number of hydrogen-bond acceptors (Lipinski definition) is 5. The van der Waals surface area contributed by atoms with Gasteiger partial charge in [0, 0.05) is 24.1 Å². The number of fused-ring (bicyclic) bond motifs is 1. The van der Waals surface area contributed by atoms with Gasteiger partial charge >= 0.3 is 0 Å². The second-order valence-electron chi connectivity index (χ2n) is 6.80. The van der Waals surface area contributed by atoms with E-state index in [-0.39, 0.29) is 6.04 Å². The number of nitrogens with one attached hydrogen (secondary N) is 1. The molecule has 0 bridgehead atoms. The summed E-state index contributed by atoms with van der Waals surface area (Å²) in [6, 6.07) is 6.48. The van der Waals surface area contributed by atoms with Gasteiger partial charge in [-0.05, 0) is 73.0 Å². The summed E-state index contributed by atoms with van der Waals surface area (Å²) in [7, 11) is 3.62. The van der Waals surface area contributed by atoms with E-state index in [9.17, 15) is 0 Å². The van der Waals surface area contributed by atoms with Crippen LogP contribution in [0.15, 0.2) is 24.4 Å². The molecule has 4 rings (SSSR count). The summed E-state index contributed by atoms with van der Waals surface area (Å²) in [5.41, 5.74) is 2.58. The minimum Gasteiger partial charge on any atom is -0.497 e. The molecule has 1 saturated heterocycles. The van der Waals surface area contributed by atoms with E-state index < -0.39 is 0 Å². The van der Waals surface area contributed by atoms with Gasteiger partial charge in [0.05, 0.1) is 13.2 Å². The lowest BCUT2D eigenvalue weighted by atomic mass is 9.88. The number of nitrogens with zero attached hydrogens (tertiary/aromatic N) is 5. The van der Waals surface area contributed by atoms with Crippen LogP contribution in [0.5, 0.6) is 5.75 Å². The lowest BCUT2D eigenvalue weighted by Crippen LogP contribution is -2.36. The van der Waals surface area contributed by atoms with Crippen LogP contribution in [-0.2, 0) is 7.05 Å². The monoisotopic (exact) mass is 340 g/mol. The first kappa shape index (κ1) is 16.1. The fourth-order valence-electron chi connectivity index (χ4n) is 3.94. The lowest BCUT2D eigenvalue weighted by molar-refractivity contribution is 0.154. The summed E-state index contributed by atoms with van der Waals surface area (Å²) < 4.78 is 7.16. The Morgan fingerprint density at radius 1 is 1.28 bits per heavy atom. The van der Waals surface area contributed by atoms with Crippen LogP contribution in [0, 0.1) is 0 Å². The molecular weight excluding hydrogens is 316 g/mol. The quantitative estimate of drug-likeness (QED) is 0.790. The molecule has 25 heavy (non-hydrogen) atoms. The van der Waals surface area contributed by atoms with Crippen molar-refractivity contribution < 1.29 is 4.74 Å². The van der Waals surface area contributed by atoms with Crippen molar-refractivity contribution in [1.29, 1.82) is 0 Å². The van der Waals surface area contributed by atoms with E-state index in [1.807, 2.05) is 13.1 Å². The number of rotatable bonds is 4. The Kier molecular flexibility index (Phi) is 4.17. The van der Waals surface area contributed by atoms with E-state index in [2.05, 4.69) is 50.7 Å². The van der Waals surface area contributed by atoms with Crippen molar-refractivity contribution in [2.75, 3.05) is 20.2 Å². The Bertz CT molecular complexity index is 861. The van der Waals surface area contributed by atoms with Gasteiger partial charge in [0.15, 0.2) is 5.82 Å². The van der Waals surface area contributed by atoms with Gasteiger partial charge < -0.3 is 9.72 Å². The number of H-pyrrole nitrogens is 1. The first-order valence-electron chi connectivity index (χ1n) is 8.78. The number of likely N-dealkylation sites (tertiary alicyclic amines) is 1. The van der Waals surface area contributed by atoms with Crippen molar-refractivity contribution in [1.82, 2.24) is 30.1 Å². The molecule has 1 aromatic carbocycles. The first-order chi connectivity index (χ1) is 12.2. The summed E-state index contributed by atoms with van der Waals surface area (Å²) in [4.78, 5) is 5.87. The highest BCUT2D eigenvalue weighted by Crippen LogP contribution is 2.36. The third-order valence-electron chi connectivity index (χ3n) is 5.46. The number of methoxy groups -OCH3 is 1. The number of aromatic amines is 1. The molecule has 1 aliphatic heterocycles. The molecule has 0 aliphatic carbocycles. The van der Waals surface area contributed by atoms with Crippen LogP contribution in [0.25, 0.3) is 10.9 Å². The van der Waals surface area contributed by atoms with Crippen LogP contribution in [-0.4, -0.2) is 50.3 Å². The second-order valence-corrected chi connectivity index (χ2v) is 6.80. The molecule has 2 aromatic heterocycles. The van der Waals surface area contributed by atoms with E-state index in [0.717, 1.165) is 37.5 Å². The fraction of sp³-hybridized carbons (Fsp3) is 0.500. The number of aryl methyl sites for hydroxylation is 1. The summed E-state index contributed by atoms with van der Waals surface area (Å²) >= 11 is 0. The van der Waals surface area contributed by atoms with E-state index in [1.54, 1.807) is 11.8 Å². The molecule has 1 unspecified atom stereocenters. The minimum absolute atomic E-state index is 0.240. The number of benzene rings is 1. The van der Waals surface area contributed by atoms with E-state index >= 15 is 0 Å². The molecule has 3 heterocycles. The Hall–Kier alpha value is -2.41. The maximum atomic E-state index is 5.39. The van der Waals surface area contributed by atoms with Crippen molar-refractivity contribution in [2.45, 2.75) is 31.7 Å². The van der Waals surface area contributed by atoms with Gasteiger partial charge in [-0.1, -0.05) is 0 Å². The highest BCUT2D eigenvalue weighted by Gasteiger charge is 2.28. The molecule has 7 nitrogen and oxygen atoms in total. The Morgan fingerprint density at radius 3 is 2.76 bits per heavy atom. The highest BCUT2D eigenvalue weighted by molar-refractivity contribution is 5.85. The molecular formula is C18H24N6O. The van der Waals surface area contributed by atoms with E-state index in [4.69, 9.17) is 4.74 Å². The van der Waals surface area contributed by atoms with Crippen LogP contribution in [0.1, 0.15) is 43.1 Å². The van der Waals surface area contributed by atoms with Gasteiger partial charge in [-0.3, -0.25) is 4.90 Å². The van der Waals surface area contributed by atoms with Gasteiger partial charge in [-0.2, -0.15) is 0 Å². The molecule has 0 radical (unpaired) electrons. The molecule has 132 valence electrons. The third kappa shape index (κ3) is 2.89. The Morgan fingerprint density at radius 2 is 2.08 bits per heavy atom. The number of tetrazole rings is 1. The SMILES string of the molecule is COc1ccc2[nH]cc(C3CCN(C(C)c4nnnn4C)CC3)c2c1. The van der Waals surface area contributed by atoms with Crippen molar-refractivity contribution in [2.24, 2.45) is 7.05 Å². The topological polar surface area (TPSA) is 71.9 Å². The smallest absolute Gasteiger partial charge is 0.167 e. The maximum absolute atomic E-state index is 5.39. The number of piperidine rings is 1. The molecule has 1 atom stereocenters. The minimum atomic E-state index is 0.240. The van der Waals surface area contributed by atoms with Gasteiger partial charge in [0.2, 0.25) is 0 Å². The van der Waals surface area contributed by atoms with Crippen molar-refractivity contribution in [3.63, 3.8) is 0 Å². The van der Waals surface area contributed by atoms with Crippen LogP contribution in [0.2, 0.25) is 0 Å². The lowest BCUT2D eigenvalue weighted by Gasteiger charge is -2.35. The molecule has 0 amide bonds. The zero-order chi connectivity index (χ0) is 17.4. The zero-order valence-corrected chi connectivity index (χ0v) is 14.9. The summed E-state index contributed by atoms with van der Waals surface area (Å²) in [5.74, 6) is 2.41. The summed E-state index contributed by atoms with van der Waals surface area (Å²) in [6.45, 7) is 4.28. The van der Waals surface area contributed by atoms with Crippen LogP contribution in [0.3, 0.4) is 0 Å². The second kappa shape index (κ2) is 6.48. The van der Waals surface area contributed by atoms with Crippen molar-refractivity contribution in [3.05, 3.63) is 35.8 Å². The maximum Gasteiger partial charge on any atom is 0.167 e. The highest BCUT2D eigenvalue weighted by atomic mass is 16.5. The molecule has 0 spiro atoms. The van der Waals surface area contributed by atoms with E-state index in [1.165, 1.54) is 16.5 Å². The van der Waals surface area contributed by atoms with Crippen molar-refractivity contribution >= 4 is 10.9 Å². The standard InChI is InChI=1S/C18H24N6O/c1-12(18-20-21-22-23(18)2)24-8-6-13(7-9-24)16-11-19-17-5-4-14(25-3)10-15(16)17/h4-5,10-13,19H,6-9H2,1-3H3. The predicted molar refractivity (Wildman–Crippen MR) is 95.6 cm³/mol. The molecule has 0 saturated carbocycles. The van der Waals surface area contributed by atoms with Crippen LogP contribution in [0.4, 0.5) is 0 Å². The molecule has 1 aliphatic rings. The van der Waals surface area contributed by atoms with Crippen molar-refractivity contribution in [3.8, 4) is 5.75 Å². The molecule has 7 heteroatoms. The molecule has 1 N–H and O–H groups in total. The van der Waals surface area contributed by atoms with Gasteiger partial charge in [-0.15, -0.1) is 5.10 Å². The third-order valence-corrected chi connectivity index (χ3v) is 5.46. The predicted octanol–water partition coefficient (Wildman–Crippen LogP) is 2.64. The normalized spacial score (nSPS) is 17.9.